The molecule has 4 rings (SSSR count). The Bertz CT molecular complexity index is 1030. The molecule has 0 atom stereocenters. The minimum Gasteiger partial charge on any atom is -0.417 e. The molecular weight excluding hydrogens is 365 g/mol. The largest absolute Gasteiger partial charge is 0.417 e. The average Bonchev–Trinajstić information content (AvgIpc) is 3.14. The lowest BCUT2D eigenvalue weighted by atomic mass is 9.89. The molecule has 28 heavy (non-hydrogen) atoms. The van der Waals surface area contributed by atoms with Gasteiger partial charge in [0.2, 0.25) is 0 Å². The molecule has 0 spiro atoms. The van der Waals surface area contributed by atoms with Gasteiger partial charge in [-0.2, -0.15) is 4.98 Å². The van der Waals surface area contributed by atoms with Crippen molar-refractivity contribution in [2.45, 2.75) is 25.9 Å². The van der Waals surface area contributed by atoms with Gasteiger partial charge in [0, 0.05) is 17.2 Å². The maximum absolute atomic E-state index is 14.3. The van der Waals surface area contributed by atoms with Gasteiger partial charge in [-0.05, 0) is 32.0 Å². The summed E-state index contributed by atoms with van der Waals surface area (Å²) in [5, 5.41) is 0. The molecule has 1 aromatic heterocycles. The van der Waals surface area contributed by atoms with E-state index in [9.17, 15) is 9.18 Å². The molecule has 1 amide bonds. The van der Waals surface area contributed by atoms with Crippen LogP contribution in [0.3, 0.4) is 0 Å². The number of rotatable bonds is 4. The highest BCUT2D eigenvalue weighted by molar-refractivity contribution is 5.76. The number of fused-ring (bicyclic) bond motifs is 1. The summed E-state index contributed by atoms with van der Waals surface area (Å²) >= 11 is 0. The van der Waals surface area contributed by atoms with E-state index in [2.05, 4.69) is 4.98 Å². The third-order valence-electron chi connectivity index (χ3n) is 4.76. The fourth-order valence-corrected chi connectivity index (χ4v) is 3.19. The molecule has 0 bridgehead atoms. The van der Waals surface area contributed by atoms with Crippen LogP contribution < -0.4 is 15.2 Å². The second-order valence-corrected chi connectivity index (χ2v) is 6.89. The number of nitrogen functional groups attached to an aromatic ring is 1. The minimum absolute atomic E-state index is 0.0245. The average molecular weight is 383 g/mol. The van der Waals surface area contributed by atoms with E-state index in [1.807, 2.05) is 13.8 Å². The fraction of sp³-hybridized carbons (Fsp3) is 0.200. The Morgan fingerprint density at radius 3 is 2.86 bits per heavy atom. The number of nitrogens with two attached hydrogens (primary N) is 1. The van der Waals surface area contributed by atoms with Crippen LogP contribution in [-0.2, 0) is 12.1 Å². The molecule has 144 valence electrons. The topological polar surface area (TPSA) is 90.8 Å². The Morgan fingerprint density at radius 1 is 1.29 bits per heavy atom. The van der Waals surface area contributed by atoms with Gasteiger partial charge in [0.25, 0.3) is 0 Å². The van der Waals surface area contributed by atoms with Crippen molar-refractivity contribution in [3.63, 3.8) is 0 Å². The molecule has 8 heteroatoms. The van der Waals surface area contributed by atoms with Crippen molar-refractivity contribution in [3.8, 4) is 17.6 Å². The zero-order valence-electron chi connectivity index (χ0n) is 15.3. The van der Waals surface area contributed by atoms with Crippen molar-refractivity contribution in [3.05, 3.63) is 65.8 Å². The highest BCUT2D eigenvalue weighted by Crippen LogP contribution is 2.42. The fourth-order valence-electron chi connectivity index (χ4n) is 3.19. The van der Waals surface area contributed by atoms with Gasteiger partial charge >= 0.3 is 12.2 Å². The number of benzene rings is 2. The van der Waals surface area contributed by atoms with Crippen LogP contribution in [0.2, 0.25) is 0 Å². The van der Waals surface area contributed by atoms with Crippen LogP contribution in [0, 0.1) is 5.82 Å². The van der Waals surface area contributed by atoms with Gasteiger partial charge in [-0.1, -0.05) is 12.1 Å². The molecule has 0 aliphatic carbocycles. The van der Waals surface area contributed by atoms with Gasteiger partial charge < -0.3 is 19.6 Å². The Balaban J connectivity index is 1.65. The number of anilines is 1. The molecule has 7 nitrogen and oxygen atoms in total. The van der Waals surface area contributed by atoms with E-state index in [4.69, 9.17) is 19.6 Å². The number of ether oxygens (including phenoxy) is 2. The Hall–Kier alpha value is -3.55. The number of carbonyl (C=O) groups is 1. The van der Waals surface area contributed by atoms with E-state index >= 15 is 0 Å². The summed E-state index contributed by atoms with van der Waals surface area (Å²) in [6, 6.07) is 9.83. The van der Waals surface area contributed by atoms with E-state index in [1.54, 1.807) is 30.3 Å². The molecule has 1 aliphatic rings. The van der Waals surface area contributed by atoms with Crippen LogP contribution in [0.15, 0.2) is 53.3 Å². The van der Waals surface area contributed by atoms with E-state index in [1.165, 1.54) is 23.4 Å². The van der Waals surface area contributed by atoms with Crippen LogP contribution in [0.1, 0.15) is 25.0 Å². The van der Waals surface area contributed by atoms with Gasteiger partial charge in [0.05, 0.1) is 24.0 Å². The summed E-state index contributed by atoms with van der Waals surface area (Å²) in [4.78, 5) is 18.0. The number of aromatic nitrogens is 1. The molecule has 2 heterocycles. The summed E-state index contributed by atoms with van der Waals surface area (Å²) in [5.41, 5.74) is 6.01. The van der Waals surface area contributed by atoms with Gasteiger partial charge in [0.1, 0.15) is 17.8 Å². The van der Waals surface area contributed by atoms with E-state index in [0.29, 0.717) is 17.1 Å². The number of hydrogen-bond donors (Lipinski definition) is 1. The summed E-state index contributed by atoms with van der Waals surface area (Å²) < 4.78 is 30.4. The number of carbonyl (C=O) groups excluding carboxylic acids is 1. The minimum atomic E-state index is -0.747. The van der Waals surface area contributed by atoms with Crippen LogP contribution in [-0.4, -0.2) is 16.0 Å². The first-order chi connectivity index (χ1) is 13.4. The van der Waals surface area contributed by atoms with Crippen LogP contribution in [0.25, 0.3) is 0 Å². The Kier molecular flexibility index (Phi) is 4.18. The molecule has 2 aromatic carbocycles. The number of oxazole rings is 1. The predicted molar refractivity (Wildman–Crippen MR) is 98.4 cm³/mol. The summed E-state index contributed by atoms with van der Waals surface area (Å²) in [6.45, 7) is 3.76. The van der Waals surface area contributed by atoms with Gasteiger partial charge in [-0.25, -0.2) is 9.18 Å². The number of amides is 1. The van der Waals surface area contributed by atoms with Crippen molar-refractivity contribution in [2.75, 3.05) is 5.73 Å². The van der Waals surface area contributed by atoms with Crippen molar-refractivity contribution in [1.82, 2.24) is 9.88 Å². The smallest absolute Gasteiger partial charge is 0.416 e. The zero-order chi connectivity index (χ0) is 19.9. The number of halogens is 1. The van der Waals surface area contributed by atoms with E-state index in [-0.39, 0.29) is 18.3 Å². The monoisotopic (exact) mass is 383 g/mol. The zero-order valence-corrected chi connectivity index (χ0v) is 15.3. The maximum Gasteiger partial charge on any atom is 0.416 e. The van der Waals surface area contributed by atoms with Crippen molar-refractivity contribution < 1.29 is 23.1 Å². The first kappa shape index (κ1) is 17.8. The van der Waals surface area contributed by atoms with E-state index in [0.717, 1.165) is 5.56 Å². The summed E-state index contributed by atoms with van der Waals surface area (Å²) in [5.74, 6) is 0.245. The van der Waals surface area contributed by atoms with Gasteiger partial charge in [0.15, 0.2) is 5.82 Å². The molecule has 0 fully saturated rings. The normalized spacial score (nSPS) is 15.1. The van der Waals surface area contributed by atoms with Crippen molar-refractivity contribution in [2.24, 2.45) is 0 Å². The Labute approximate surface area is 160 Å². The highest BCUT2D eigenvalue weighted by Gasteiger charge is 2.41. The quantitative estimate of drug-likeness (QED) is 0.670. The summed E-state index contributed by atoms with van der Waals surface area (Å²) in [7, 11) is 0. The lowest BCUT2D eigenvalue weighted by Crippen LogP contribution is -2.50. The SMILES string of the molecule is CC1(C)c2ccc(Oc3ncco3)cc2OC(=O)N1Cc1cccc(N)c1F. The third-order valence-corrected chi connectivity index (χ3v) is 4.76. The van der Waals surface area contributed by atoms with Crippen LogP contribution in [0.4, 0.5) is 14.9 Å². The van der Waals surface area contributed by atoms with Gasteiger partial charge in [-0.15, -0.1) is 0 Å². The first-order valence-corrected chi connectivity index (χ1v) is 8.60. The molecule has 0 saturated carbocycles. The third kappa shape index (κ3) is 3.02. The molecule has 3 aromatic rings. The van der Waals surface area contributed by atoms with E-state index < -0.39 is 17.4 Å². The van der Waals surface area contributed by atoms with Crippen molar-refractivity contribution >= 4 is 11.8 Å². The standard InChI is InChI=1S/C20H18FN3O4/c1-20(2)14-7-6-13(27-18-23-8-9-26-18)10-16(14)28-19(25)24(20)11-12-4-3-5-15(22)17(12)21/h3-10H,11,22H2,1-2H3. The highest BCUT2D eigenvalue weighted by atomic mass is 19.1. The Morgan fingerprint density at radius 2 is 2.11 bits per heavy atom. The lowest BCUT2D eigenvalue weighted by molar-refractivity contribution is 0.0735. The first-order valence-electron chi connectivity index (χ1n) is 8.60. The molecular formula is C20H18FN3O4. The van der Waals surface area contributed by atoms with Crippen LogP contribution >= 0.6 is 0 Å². The molecule has 2 N–H and O–H groups in total. The maximum atomic E-state index is 14.3. The molecule has 0 saturated heterocycles. The molecule has 0 unspecified atom stereocenters. The van der Waals surface area contributed by atoms with Crippen molar-refractivity contribution in [1.29, 1.82) is 0 Å². The second-order valence-electron chi connectivity index (χ2n) is 6.89. The second kappa shape index (κ2) is 6.56. The molecule has 1 aliphatic heterocycles. The van der Waals surface area contributed by atoms with Gasteiger partial charge in [-0.3, -0.25) is 4.90 Å². The summed E-state index contributed by atoms with van der Waals surface area (Å²) in [6.07, 6.45) is 2.35. The lowest BCUT2D eigenvalue weighted by Gasteiger charge is -2.42. The van der Waals surface area contributed by atoms with Crippen LogP contribution in [0.5, 0.6) is 17.6 Å². The molecule has 0 radical (unpaired) electrons. The number of nitrogens with zero attached hydrogens (tertiary/aromatic N) is 2. The predicted octanol–water partition coefficient (Wildman–Crippen LogP) is 4.44. The number of hydrogen-bond acceptors (Lipinski definition) is 6.